The van der Waals surface area contributed by atoms with Gasteiger partial charge in [-0.05, 0) is 36.2 Å². The molecule has 2 fully saturated rings. The molecule has 2 aliphatic rings. The lowest BCUT2D eigenvalue weighted by Gasteiger charge is -2.30. The van der Waals surface area contributed by atoms with E-state index >= 15 is 0 Å². The van der Waals surface area contributed by atoms with Gasteiger partial charge in [0.1, 0.15) is 0 Å². The van der Waals surface area contributed by atoms with Crippen LogP contribution in [0, 0.1) is 24.6 Å². The van der Waals surface area contributed by atoms with Gasteiger partial charge in [-0.2, -0.15) is 0 Å². The van der Waals surface area contributed by atoms with E-state index in [0.29, 0.717) is 19.6 Å². The summed E-state index contributed by atoms with van der Waals surface area (Å²) < 4.78 is 13.3. The number of carbonyl (C=O) groups excluding carboxylic acids is 2. The van der Waals surface area contributed by atoms with Crippen LogP contribution < -0.4 is 0 Å². The number of hydrogen-bond acceptors (Lipinski definition) is 3. The Hall–Kier alpha value is -2.89. The van der Waals surface area contributed by atoms with Gasteiger partial charge >= 0.3 is 0 Å². The van der Waals surface area contributed by atoms with E-state index in [9.17, 15) is 19.1 Å². The number of fused-ring (bicyclic) bond motifs is 1. The Balaban J connectivity index is 1.61. The maximum Gasteiger partial charge on any atom is 0.254 e. The Labute approximate surface area is 163 Å². The fourth-order valence-electron chi connectivity index (χ4n) is 4.68. The van der Waals surface area contributed by atoms with Gasteiger partial charge in [-0.15, -0.1) is 0 Å². The van der Waals surface area contributed by atoms with Crippen molar-refractivity contribution in [3.63, 3.8) is 0 Å². The summed E-state index contributed by atoms with van der Waals surface area (Å²) in [6.45, 7) is 5.34. The highest BCUT2D eigenvalue weighted by Crippen LogP contribution is 2.46. The molecule has 5 nitrogen and oxygen atoms in total. The number of nitrogens with zero attached hydrogens (tertiary/aromatic N) is 2. The number of phenols is 1. The fraction of sp³-hybridized carbons (Fsp3) is 0.364. The first-order valence-electron chi connectivity index (χ1n) is 9.47. The first-order valence-corrected chi connectivity index (χ1v) is 9.47. The van der Waals surface area contributed by atoms with Crippen LogP contribution in [0.3, 0.4) is 0 Å². The predicted octanol–water partition coefficient (Wildman–Crippen LogP) is 3.13. The molecule has 0 unspecified atom stereocenters. The molecule has 0 bridgehead atoms. The zero-order valence-corrected chi connectivity index (χ0v) is 15.9. The van der Waals surface area contributed by atoms with Crippen LogP contribution in [0.4, 0.5) is 4.39 Å². The van der Waals surface area contributed by atoms with Gasteiger partial charge in [-0.3, -0.25) is 9.59 Å². The average Bonchev–Trinajstić information content (AvgIpc) is 3.22. The second kappa shape index (κ2) is 6.93. The summed E-state index contributed by atoms with van der Waals surface area (Å²) in [5.74, 6) is -1.08. The minimum absolute atomic E-state index is 0.0454. The topological polar surface area (TPSA) is 60.9 Å². The van der Waals surface area contributed by atoms with E-state index < -0.39 is 11.6 Å². The van der Waals surface area contributed by atoms with Crippen LogP contribution >= 0.6 is 0 Å². The third kappa shape index (κ3) is 3.03. The highest BCUT2D eigenvalue weighted by molar-refractivity contribution is 5.95. The van der Waals surface area contributed by atoms with Crippen LogP contribution in [0.15, 0.2) is 42.5 Å². The molecule has 146 valence electrons. The van der Waals surface area contributed by atoms with Gasteiger partial charge in [0.15, 0.2) is 11.6 Å². The number of rotatable bonds is 2. The number of aromatic hydroxyl groups is 1. The molecule has 6 heteroatoms. The van der Waals surface area contributed by atoms with Crippen molar-refractivity contribution in [2.75, 3.05) is 19.6 Å². The number of phenolic OH excluding ortho intramolecular Hbond substituents is 1. The number of benzene rings is 2. The van der Waals surface area contributed by atoms with Crippen molar-refractivity contribution in [2.45, 2.75) is 19.9 Å². The molecule has 28 heavy (non-hydrogen) atoms. The Morgan fingerprint density at radius 3 is 2.54 bits per heavy atom. The highest BCUT2D eigenvalue weighted by Gasteiger charge is 2.49. The Bertz CT molecular complexity index is 945. The average molecular weight is 382 g/mol. The van der Waals surface area contributed by atoms with E-state index in [1.54, 1.807) is 11.8 Å². The van der Waals surface area contributed by atoms with Crippen LogP contribution in [0.25, 0.3) is 0 Å². The minimum atomic E-state index is -0.744. The van der Waals surface area contributed by atoms with Gasteiger partial charge in [0.2, 0.25) is 5.91 Å². The van der Waals surface area contributed by atoms with Gasteiger partial charge < -0.3 is 14.9 Å². The molecule has 2 aliphatic heterocycles. The van der Waals surface area contributed by atoms with E-state index in [1.807, 2.05) is 30.0 Å². The third-order valence-corrected chi connectivity index (χ3v) is 6.06. The number of aryl methyl sites for hydroxylation is 1. The second-order valence-electron chi connectivity index (χ2n) is 7.77. The molecule has 4 rings (SSSR count). The Morgan fingerprint density at radius 2 is 1.86 bits per heavy atom. The quantitative estimate of drug-likeness (QED) is 0.868. The van der Waals surface area contributed by atoms with Crippen molar-refractivity contribution in [3.05, 3.63) is 65.0 Å². The van der Waals surface area contributed by atoms with E-state index in [1.165, 1.54) is 12.1 Å². The van der Waals surface area contributed by atoms with Gasteiger partial charge in [0, 0.05) is 44.0 Å². The fourth-order valence-corrected chi connectivity index (χ4v) is 4.68. The molecule has 0 aromatic heterocycles. The Morgan fingerprint density at radius 1 is 1.11 bits per heavy atom. The van der Waals surface area contributed by atoms with Crippen molar-refractivity contribution in [1.29, 1.82) is 0 Å². The summed E-state index contributed by atoms with van der Waals surface area (Å²) >= 11 is 0. The number of halogens is 1. The van der Waals surface area contributed by atoms with Gasteiger partial charge in [-0.1, -0.05) is 24.3 Å². The normalized spacial score (nSPS) is 23.8. The molecule has 3 atom stereocenters. The van der Waals surface area contributed by atoms with Crippen molar-refractivity contribution in [2.24, 2.45) is 11.8 Å². The molecule has 0 saturated carbocycles. The molecular weight excluding hydrogens is 359 g/mol. The number of likely N-dealkylation sites (tertiary alicyclic amines) is 2. The zero-order valence-electron chi connectivity index (χ0n) is 15.9. The number of hydrogen-bond donors (Lipinski definition) is 1. The summed E-state index contributed by atoms with van der Waals surface area (Å²) in [4.78, 5) is 28.8. The first kappa shape index (κ1) is 18.5. The van der Waals surface area contributed by atoms with Gasteiger partial charge in [0.05, 0.1) is 6.04 Å². The van der Waals surface area contributed by atoms with Crippen LogP contribution in [-0.2, 0) is 4.79 Å². The summed E-state index contributed by atoms with van der Waals surface area (Å²) in [7, 11) is 0. The molecule has 2 aromatic rings. The molecule has 0 aliphatic carbocycles. The minimum Gasteiger partial charge on any atom is -0.505 e. The third-order valence-electron chi connectivity index (χ3n) is 6.06. The maximum absolute atomic E-state index is 13.3. The van der Waals surface area contributed by atoms with Crippen molar-refractivity contribution in [1.82, 2.24) is 9.80 Å². The van der Waals surface area contributed by atoms with Crippen molar-refractivity contribution < 1.29 is 19.1 Å². The van der Waals surface area contributed by atoms with Gasteiger partial charge in [0.25, 0.3) is 5.91 Å². The van der Waals surface area contributed by atoms with Gasteiger partial charge in [-0.25, -0.2) is 4.39 Å². The van der Waals surface area contributed by atoms with Crippen molar-refractivity contribution in [3.8, 4) is 5.75 Å². The lowest BCUT2D eigenvalue weighted by atomic mass is 9.87. The van der Waals surface area contributed by atoms with Crippen LogP contribution in [-0.4, -0.2) is 46.4 Å². The number of amides is 2. The molecule has 2 saturated heterocycles. The number of carbonyl (C=O) groups is 2. The van der Waals surface area contributed by atoms with E-state index in [4.69, 9.17) is 0 Å². The molecule has 2 amide bonds. The van der Waals surface area contributed by atoms with E-state index in [-0.39, 0.29) is 35.3 Å². The summed E-state index contributed by atoms with van der Waals surface area (Å²) in [5, 5.41) is 9.58. The SMILES string of the molecule is CC(=O)N1C[C@H]2CN(C(=O)c3ccc(F)c(O)c3)C[C@H]2[C@@H]1c1ccccc1C. The monoisotopic (exact) mass is 382 g/mol. The van der Waals surface area contributed by atoms with Crippen LogP contribution in [0.2, 0.25) is 0 Å². The summed E-state index contributed by atoms with van der Waals surface area (Å²) in [5.41, 5.74) is 2.53. The molecule has 0 radical (unpaired) electrons. The summed E-state index contributed by atoms with van der Waals surface area (Å²) in [6, 6.07) is 11.7. The first-order chi connectivity index (χ1) is 13.4. The largest absolute Gasteiger partial charge is 0.505 e. The van der Waals surface area contributed by atoms with E-state index in [0.717, 1.165) is 17.2 Å². The van der Waals surface area contributed by atoms with Crippen LogP contribution in [0.5, 0.6) is 5.75 Å². The van der Waals surface area contributed by atoms with Crippen LogP contribution in [0.1, 0.15) is 34.5 Å². The molecule has 1 N–H and O–H groups in total. The zero-order chi connectivity index (χ0) is 20.0. The Kier molecular flexibility index (Phi) is 4.57. The lowest BCUT2D eigenvalue weighted by molar-refractivity contribution is -0.130. The highest BCUT2D eigenvalue weighted by atomic mass is 19.1. The molecular formula is C22H23FN2O3. The molecule has 2 heterocycles. The van der Waals surface area contributed by atoms with E-state index in [2.05, 4.69) is 6.07 Å². The summed E-state index contributed by atoms with van der Waals surface area (Å²) in [6.07, 6.45) is 0. The second-order valence-corrected chi connectivity index (χ2v) is 7.77. The smallest absolute Gasteiger partial charge is 0.254 e. The molecule has 2 aromatic carbocycles. The maximum atomic E-state index is 13.3. The van der Waals surface area contributed by atoms with Crippen molar-refractivity contribution >= 4 is 11.8 Å². The standard InChI is InChI=1S/C22H23FN2O3/c1-13-5-3-4-6-17(13)21-18-12-24(10-16(18)11-25(21)14(2)26)22(28)15-7-8-19(23)20(27)9-15/h3-9,16,18,21,27H,10-12H2,1-2H3/t16-,18-,21+/m1/s1. The molecule has 0 spiro atoms. The predicted molar refractivity (Wildman–Crippen MR) is 102 cm³/mol. The lowest BCUT2D eigenvalue weighted by Crippen LogP contribution is -2.36.